The Morgan fingerprint density at radius 3 is 2.48 bits per heavy atom. The van der Waals surface area contributed by atoms with Gasteiger partial charge in [-0.1, -0.05) is 11.6 Å². The molecule has 7 heteroatoms. The molecule has 0 radical (unpaired) electrons. The quantitative estimate of drug-likeness (QED) is 0.715. The molecule has 6 nitrogen and oxygen atoms in total. The summed E-state index contributed by atoms with van der Waals surface area (Å²) in [6.07, 6.45) is 3.49. The molecule has 4 rings (SSSR count). The number of aliphatic hydroxyl groups excluding tert-OH is 1. The van der Waals surface area contributed by atoms with Crippen molar-refractivity contribution >= 4 is 23.2 Å². The number of carbonyl (C=O) groups excluding carboxylic acids is 1. The van der Waals surface area contributed by atoms with Crippen LogP contribution in [0.5, 0.6) is 5.75 Å². The van der Waals surface area contributed by atoms with Crippen molar-refractivity contribution in [3.05, 3.63) is 58.6 Å². The molecule has 2 aliphatic rings. The third kappa shape index (κ3) is 5.12. The monoisotopic (exact) mass is 439 g/mol. The van der Waals surface area contributed by atoms with Crippen LogP contribution in [0.2, 0.25) is 5.02 Å². The number of amides is 1. The van der Waals surface area contributed by atoms with E-state index in [1.165, 1.54) is 0 Å². The minimum Gasteiger partial charge on any atom is -0.490 e. The van der Waals surface area contributed by atoms with Crippen molar-refractivity contribution in [1.29, 1.82) is 5.26 Å². The van der Waals surface area contributed by atoms with E-state index >= 15 is 0 Å². The first kappa shape index (κ1) is 21.5. The number of ether oxygens (including phenoxy) is 1. The number of nitrogens with one attached hydrogen (secondary N) is 1. The highest BCUT2D eigenvalue weighted by Gasteiger charge is 2.27. The fourth-order valence-corrected chi connectivity index (χ4v) is 4.38. The SMILES string of the molecule is N#Cc1ccc(O[C@H]2CC[C@H](NC(=O)c3ccc(N4CC(CO)C4)cc3)CC2)cc1Cl. The zero-order valence-electron chi connectivity index (χ0n) is 17.3. The molecule has 0 spiro atoms. The van der Waals surface area contributed by atoms with Crippen LogP contribution in [0.4, 0.5) is 5.69 Å². The molecule has 2 N–H and O–H groups in total. The van der Waals surface area contributed by atoms with Crippen molar-refractivity contribution in [3.63, 3.8) is 0 Å². The van der Waals surface area contributed by atoms with Gasteiger partial charge in [-0.05, 0) is 62.1 Å². The lowest BCUT2D eigenvalue weighted by Gasteiger charge is -2.40. The van der Waals surface area contributed by atoms with Gasteiger partial charge in [-0.25, -0.2) is 0 Å². The zero-order valence-corrected chi connectivity index (χ0v) is 18.0. The first-order valence-corrected chi connectivity index (χ1v) is 11.1. The molecule has 1 heterocycles. The average molecular weight is 440 g/mol. The van der Waals surface area contributed by atoms with Gasteiger partial charge < -0.3 is 20.1 Å². The summed E-state index contributed by atoms with van der Waals surface area (Å²) in [4.78, 5) is 14.8. The Labute approximate surface area is 187 Å². The van der Waals surface area contributed by atoms with Gasteiger partial charge in [0.1, 0.15) is 11.8 Å². The lowest BCUT2D eigenvalue weighted by molar-refractivity contribution is 0.0894. The first-order chi connectivity index (χ1) is 15.1. The third-order valence-corrected chi connectivity index (χ3v) is 6.40. The summed E-state index contributed by atoms with van der Waals surface area (Å²) in [5.74, 6) is 0.978. The Morgan fingerprint density at radius 1 is 1.16 bits per heavy atom. The molecule has 1 aliphatic carbocycles. The van der Waals surface area contributed by atoms with E-state index in [9.17, 15) is 4.79 Å². The number of benzene rings is 2. The largest absolute Gasteiger partial charge is 0.490 e. The van der Waals surface area contributed by atoms with Gasteiger partial charge in [0.15, 0.2) is 0 Å². The number of halogens is 1. The van der Waals surface area contributed by atoms with E-state index in [1.54, 1.807) is 18.2 Å². The van der Waals surface area contributed by atoms with Crippen molar-refractivity contribution in [1.82, 2.24) is 5.32 Å². The normalized spacial score (nSPS) is 21.1. The molecule has 31 heavy (non-hydrogen) atoms. The van der Waals surface area contributed by atoms with Crippen LogP contribution in [-0.4, -0.2) is 42.9 Å². The van der Waals surface area contributed by atoms with Crippen LogP contribution in [0.25, 0.3) is 0 Å². The number of rotatable bonds is 6. The molecule has 0 aromatic heterocycles. The minimum atomic E-state index is -0.0494. The number of anilines is 1. The number of aliphatic hydroxyl groups is 1. The molecular formula is C24H26ClN3O3. The Morgan fingerprint density at radius 2 is 1.87 bits per heavy atom. The maximum Gasteiger partial charge on any atom is 0.251 e. The maximum atomic E-state index is 12.6. The van der Waals surface area contributed by atoms with Gasteiger partial charge in [-0.2, -0.15) is 5.26 Å². The molecule has 2 aromatic carbocycles. The molecular weight excluding hydrogens is 414 g/mol. The summed E-state index contributed by atoms with van der Waals surface area (Å²) >= 11 is 6.07. The molecule has 0 bridgehead atoms. The molecule has 1 aliphatic heterocycles. The Balaban J connectivity index is 1.24. The van der Waals surface area contributed by atoms with Gasteiger partial charge in [0.05, 0.1) is 16.7 Å². The summed E-state index contributed by atoms with van der Waals surface area (Å²) in [5.41, 5.74) is 2.18. The summed E-state index contributed by atoms with van der Waals surface area (Å²) in [6.45, 7) is 1.95. The van der Waals surface area contributed by atoms with Crippen molar-refractivity contribution in [2.75, 3.05) is 24.6 Å². The summed E-state index contributed by atoms with van der Waals surface area (Å²) in [7, 11) is 0. The van der Waals surface area contributed by atoms with E-state index in [2.05, 4.69) is 10.2 Å². The highest BCUT2D eigenvalue weighted by Crippen LogP contribution is 2.28. The molecule has 2 aromatic rings. The van der Waals surface area contributed by atoms with Gasteiger partial charge in [-0.15, -0.1) is 0 Å². The van der Waals surface area contributed by atoms with Crippen molar-refractivity contribution in [2.45, 2.75) is 37.8 Å². The molecule has 0 atom stereocenters. The van der Waals surface area contributed by atoms with Crippen LogP contribution in [-0.2, 0) is 0 Å². The van der Waals surface area contributed by atoms with Crippen LogP contribution in [0, 0.1) is 17.2 Å². The molecule has 1 amide bonds. The first-order valence-electron chi connectivity index (χ1n) is 10.7. The van der Waals surface area contributed by atoms with Crippen LogP contribution >= 0.6 is 11.6 Å². The third-order valence-electron chi connectivity index (χ3n) is 6.08. The van der Waals surface area contributed by atoms with E-state index in [-0.39, 0.29) is 24.7 Å². The summed E-state index contributed by atoms with van der Waals surface area (Å²) in [6, 6.07) is 15.0. The van der Waals surface area contributed by atoms with Gasteiger partial charge >= 0.3 is 0 Å². The zero-order chi connectivity index (χ0) is 21.8. The molecule has 1 saturated carbocycles. The fraction of sp³-hybridized carbons (Fsp3) is 0.417. The number of hydrogen-bond acceptors (Lipinski definition) is 5. The van der Waals surface area contributed by atoms with Crippen LogP contribution in [0.15, 0.2) is 42.5 Å². The maximum absolute atomic E-state index is 12.6. The van der Waals surface area contributed by atoms with Gasteiger partial charge in [0, 0.05) is 49.0 Å². The van der Waals surface area contributed by atoms with E-state index in [0.717, 1.165) is 44.5 Å². The minimum absolute atomic E-state index is 0.0494. The van der Waals surface area contributed by atoms with Crippen LogP contribution in [0.1, 0.15) is 41.6 Å². The molecule has 1 saturated heterocycles. The van der Waals surface area contributed by atoms with Crippen molar-refractivity contribution in [2.24, 2.45) is 5.92 Å². The molecule has 2 fully saturated rings. The second-order valence-corrected chi connectivity index (χ2v) is 8.73. The summed E-state index contributed by atoms with van der Waals surface area (Å²) in [5, 5.41) is 21.6. The predicted octanol–water partition coefficient (Wildman–Crippen LogP) is 3.76. The Kier molecular flexibility index (Phi) is 6.64. The second-order valence-electron chi connectivity index (χ2n) is 8.32. The van der Waals surface area contributed by atoms with Gasteiger partial charge in [0.25, 0.3) is 5.91 Å². The van der Waals surface area contributed by atoms with Crippen LogP contribution in [0.3, 0.4) is 0 Å². The summed E-state index contributed by atoms with van der Waals surface area (Å²) < 4.78 is 6.01. The highest BCUT2D eigenvalue weighted by molar-refractivity contribution is 6.31. The smallest absolute Gasteiger partial charge is 0.251 e. The lowest BCUT2D eigenvalue weighted by Crippen LogP contribution is -2.48. The predicted molar refractivity (Wildman–Crippen MR) is 120 cm³/mol. The number of hydrogen-bond donors (Lipinski definition) is 2. The number of nitriles is 1. The standard InChI is InChI=1S/C24H26ClN3O3/c25-23-11-22(8-3-18(23)12-26)31-21-9-4-19(5-10-21)27-24(30)17-1-6-20(7-2-17)28-13-16(14-28)15-29/h1-3,6-8,11,16,19,21,29H,4-5,9-10,13-15H2,(H,27,30)/t19-,21-. The molecule has 0 unspecified atom stereocenters. The van der Waals surface area contributed by atoms with Crippen molar-refractivity contribution in [3.8, 4) is 11.8 Å². The van der Waals surface area contributed by atoms with Crippen molar-refractivity contribution < 1.29 is 14.6 Å². The Hall–Kier alpha value is -2.75. The highest BCUT2D eigenvalue weighted by atomic mass is 35.5. The number of carbonyl (C=O) groups is 1. The van der Waals surface area contributed by atoms with Gasteiger partial charge in [0.2, 0.25) is 0 Å². The average Bonchev–Trinajstić information content (AvgIpc) is 2.75. The van der Waals surface area contributed by atoms with E-state index in [0.29, 0.717) is 27.8 Å². The van der Waals surface area contributed by atoms with Gasteiger partial charge in [-0.3, -0.25) is 4.79 Å². The molecule has 162 valence electrons. The van der Waals surface area contributed by atoms with E-state index < -0.39 is 0 Å². The van der Waals surface area contributed by atoms with E-state index in [1.807, 2.05) is 30.3 Å². The Bertz CT molecular complexity index is 959. The van der Waals surface area contributed by atoms with Crippen LogP contribution < -0.4 is 15.0 Å². The van der Waals surface area contributed by atoms with E-state index in [4.69, 9.17) is 26.7 Å². The topological polar surface area (TPSA) is 85.6 Å². The second kappa shape index (κ2) is 9.59. The fourth-order valence-electron chi connectivity index (χ4n) is 4.17. The lowest BCUT2D eigenvalue weighted by atomic mass is 9.92. The number of nitrogens with zero attached hydrogens (tertiary/aromatic N) is 2.